The number of hydrogen-bond donors (Lipinski definition) is 3. The minimum atomic E-state index is -0.798. The molecule has 0 saturated heterocycles. The summed E-state index contributed by atoms with van der Waals surface area (Å²) in [4.78, 5) is 26.0. The Morgan fingerprint density at radius 2 is 0.914 bits per heavy atom. The van der Waals surface area contributed by atoms with E-state index in [0.717, 1.165) is 51.4 Å². The number of esters is 1. The van der Waals surface area contributed by atoms with Gasteiger partial charge in [0.05, 0.1) is 25.2 Å². The molecule has 336 valence electrons. The van der Waals surface area contributed by atoms with E-state index in [4.69, 9.17) is 4.74 Å². The predicted molar refractivity (Wildman–Crippen MR) is 250 cm³/mol. The van der Waals surface area contributed by atoms with Gasteiger partial charge in [0, 0.05) is 6.42 Å². The molecule has 3 atom stereocenters. The second kappa shape index (κ2) is 45.6. The normalized spacial score (nSPS) is 13.8. The number of carbonyl (C=O) groups is 2. The molecule has 6 heteroatoms. The van der Waals surface area contributed by atoms with Gasteiger partial charge in [-0.1, -0.05) is 242 Å². The Morgan fingerprint density at radius 3 is 1.34 bits per heavy atom. The van der Waals surface area contributed by atoms with Crippen molar-refractivity contribution < 1.29 is 24.5 Å². The van der Waals surface area contributed by atoms with E-state index >= 15 is 0 Å². The van der Waals surface area contributed by atoms with Crippen molar-refractivity contribution in [1.29, 1.82) is 0 Å². The van der Waals surface area contributed by atoms with Crippen LogP contribution in [0.2, 0.25) is 0 Å². The molecule has 0 rings (SSSR count). The molecule has 6 nitrogen and oxygen atoms in total. The standard InChI is InChI=1S/C52H93NO5/c1-4-7-10-13-16-19-21-23-24-25-26-28-29-32-34-37-40-43-48(58-52(57)45-42-39-36-33-30-27-22-20-17-14-11-8-5-2)46-51(56)53-49(47-54)50(55)44-41-38-35-31-18-15-12-9-6-3/h8,11,14,17,20,22,27,30,33,36,48-50,54-55H,4-7,9-10,12-13,15-16,18-19,21,23-26,28-29,31-32,34-35,37-47H2,1-3H3,(H,53,56)/b11-8+,17-14+,22-20-,30-27-,36-33+. The lowest BCUT2D eigenvalue weighted by molar-refractivity contribution is -0.151. The fraction of sp³-hybridized carbons (Fsp3) is 0.769. The lowest BCUT2D eigenvalue weighted by Gasteiger charge is -2.24. The molecule has 0 radical (unpaired) electrons. The molecule has 0 aliphatic rings. The molecule has 0 fully saturated rings. The van der Waals surface area contributed by atoms with Crippen LogP contribution in [0.3, 0.4) is 0 Å². The molecule has 0 aromatic carbocycles. The third kappa shape index (κ3) is 40.3. The number of amides is 1. The van der Waals surface area contributed by atoms with Gasteiger partial charge in [-0.2, -0.15) is 0 Å². The molecule has 0 aliphatic heterocycles. The van der Waals surface area contributed by atoms with E-state index in [9.17, 15) is 19.8 Å². The Kier molecular flexibility index (Phi) is 43.7. The number of hydrogen-bond acceptors (Lipinski definition) is 5. The minimum absolute atomic E-state index is 0.0497. The van der Waals surface area contributed by atoms with Gasteiger partial charge in [0.1, 0.15) is 6.10 Å². The van der Waals surface area contributed by atoms with Crippen molar-refractivity contribution >= 4 is 11.9 Å². The average molecular weight is 812 g/mol. The van der Waals surface area contributed by atoms with Crippen molar-refractivity contribution in [3.63, 3.8) is 0 Å². The van der Waals surface area contributed by atoms with Crippen LogP contribution >= 0.6 is 0 Å². The quantitative estimate of drug-likeness (QED) is 0.0324. The molecule has 0 aliphatic carbocycles. The van der Waals surface area contributed by atoms with Crippen molar-refractivity contribution in [2.24, 2.45) is 0 Å². The maximum absolute atomic E-state index is 13.1. The second-order valence-electron chi connectivity index (χ2n) is 16.6. The molecule has 0 bridgehead atoms. The van der Waals surface area contributed by atoms with Gasteiger partial charge in [0.25, 0.3) is 0 Å². The molecule has 1 amide bonds. The molecule has 0 spiro atoms. The summed E-state index contributed by atoms with van der Waals surface area (Å²) in [5.41, 5.74) is 0. The van der Waals surface area contributed by atoms with Gasteiger partial charge in [-0.05, 0) is 38.5 Å². The molecular weight excluding hydrogens is 719 g/mol. The topological polar surface area (TPSA) is 95.9 Å². The van der Waals surface area contributed by atoms with E-state index in [1.54, 1.807) is 0 Å². The molecule has 3 unspecified atom stereocenters. The second-order valence-corrected chi connectivity index (χ2v) is 16.6. The number of rotatable bonds is 43. The van der Waals surface area contributed by atoms with Crippen molar-refractivity contribution in [1.82, 2.24) is 5.32 Å². The smallest absolute Gasteiger partial charge is 0.306 e. The Morgan fingerprint density at radius 1 is 0.517 bits per heavy atom. The first-order valence-corrected chi connectivity index (χ1v) is 24.6. The minimum Gasteiger partial charge on any atom is -0.462 e. The van der Waals surface area contributed by atoms with Crippen molar-refractivity contribution in [3.05, 3.63) is 60.8 Å². The first kappa shape index (κ1) is 55.6. The number of carbonyl (C=O) groups excluding carboxylic acids is 2. The van der Waals surface area contributed by atoms with Crippen LogP contribution in [-0.2, 0) is 14.3 Å². The van der Waals surface area contributed by atoms with Gasteiger partial charge in [0.2, 0.25) is 5.91 Å². The summed E-state index contributed by atoms with van der Waals surface area (Å²) in [5, 5.41) is 23.6. The van der Waals surface area contributed by atoms with Crippen LogP contribution in [0.1, 0.15) is 233 Å². The summed E-state index contributed by atoms with van der Waals surface area (Å²) in [6, 6.07) is -0.714. The molecule has 58 heavy (non-hydrogen) atoms. The number of allylic oxidation sites excluding steroid dienone is 10. The molecular formula is C52H93NO5. The summed E-state index contributed by atoms with van der Waals surface area (Å²) >= 11 is 0. The molecule has 3 N–H and O–H groups in total. The van der Waals surface area contributed by atoms with Crippen LogP contribution in [0.5, 0.6) is 0 Å². The summed E-state index contributed by atoms with van der Waals surface area (Å²) in [5.74, 6) is -0.559. The maximum Gasteiger partial charge on any atom is 0.306 e. The average Bonchev–Trinajstić information content (AvgIpc) is 3.22. The van der Waals surface area contributed by atoms with E-state index < -0.39 is 18.2 Å². The third-order valence-corrected chi connectivity index (χ3v) is 11.0. The van der Waals surface area contributed by atoms with Crippen LogP contribution in [0.4, 0.5) is 0 Å². The summed E-state index contributed by atoms with van der Waals surface area (Å²) in [6.45, 7) is 6.31. The monoisotopic (exact) mass is 812 g/mol. The zero-order valence-electron chi connectivity index (χ0n) is 38.2. The molecule has 0 aromatic heterocycles. The molecule has 0 saturated carbocycles. The van der Waals surface area contributed by atoms with E-state index in [1.807, 2.05) is 48.6 Å². The van der Waals surface area contributed by atoms with Crippen LogP contribution < -0.4 is 5.32 Å². The number of aliphatic hydroxyl groups excluding tert-OH is 2. The first-order chi connectivity index (χ1) is 28.5. The van der Waals surface area contributed by atoms with E-state index in [0.29, 0.717) is 25.7 Å². The summed E-state index contributed by atoms with van der Waals surface area (Å²) in [6.07, 6.45) is 55.8. The SMILES string of the molecule is CC/C=C/C=C/C=C\C=C/C=C/CCCC(=O)OC(CCCCCCCCCCCCCCCCCCC)CC(=O)NC(CO)C(O)CCCCCCCCCCC. The zero-order valence-corrected chi connectivity index (χ0v) is 38.2. The lowest BCUT2D eigenvalue weighted by atomic mass is 10.0. The van der Waals surface area contributed by atoms with Gasteiger partial charge >= 0.3 is 5.97 Å². The fourth-order valence-electron chi connectivity index (χ4n) is 7.28. The van der Waals surface area contributed by atoms with E-state index in [-0.39, 0.29) is 24.9 Å². The van der Waals surface area contributed by atoms with Gasteiger partial charge in [0.15, 0.2) is 0 Å². The highest BCUT2D eigenvalue weighted by atomic mass is 16.5. The summed E-state index contributed by atoms with van der Waals surface area (Å²) < 4.78 is 5.88. The van der Waals surface area contributed by atoms with Gasteiger partial charge in [-0.25, -0.2) is 0 Å². The Labute approximate surface area is 358 Å². The van der Waals surface area contributed by atoms with Gasteiger partial charge < -0.3 is 20.3 Å². The van der Waals surface area contributed by atoms with Crippen LogP contribution in [-0.4, -0.2) is 46.9 Å². The van der Waals surface area contributed by atoms with Crippen molar-refractivity contribution in [3.8, 4) is 0 Å². The highest BCUT2D eigenvalue weighted by Crippen LogP contribution is 2.18. The van der Waals surface area contributed by atoms with Crippen LogP contribution in [0.15, 0.2) is 60.8 Å². The van der Waals surface area contributed by atoms with Crippen LogP contribution in [0, 0.1) is 0 Å². The van der Waals surface area contributed by atoms with E-state index in [2.05, 4.69) is 38.2 Å². The Bertz CT molecular complexity index is 1050. The summed E-state index contributed by atoms with van der Waals surface area (Å²) in [7, 11) is 0. The number of nitrogens with one attached hydrogen (secondary N) is 1. The number of ether oxygens (including phenoxy) is 1. The molecule has 0 aromatic rings. The maximum atomic E-state index is 13.1. The zero-order chi connectivity index (χ0) is 42.4. The van der Waals surface area contributed by atoms with Gasteiger partial charge in [-0.3, -0.25) is 9.59 Å². The molecule has 0 heterocycles. The Hall–Kier alpha value is -2.44. The lowest BCUT2D eigenvalue weighted by Crippen LogP contribution is -2.46. The fourth-order valence-corrected chi connectivity index (χ4v) is 7.28. The highest BCUT2D eigenvalue weighted by Gasteiger charge is 2.24. The third-order valence-electron chi connectivity index (χ3n) is 11.0. The first-order valence-electron chi connectivity index (χ1n) is 24.6. The predicted octanol–water partition coefficient (Wildman–Crippen LogP) is 14.5. The number of unbranched alkanes of at least 4 members (excludes halogenated alkanes) is 25. The van der Waals surface area contributed by atoms with Crippen LogP contribution in [0.25, 0.3) is 0 Å². The van der Waals surface area contributed by atoms with Crippen molar-refractivity contribution in [2.45, 2.75) is 251 Å². The van der Waals surface area contributed by atoms with Gasteiger partial charge in [-0.15, -0.1) is 0 Å². The van der Waals surface area contributed by atoms with E-state index in [1.165, 1.54) is 128 Å². The highest BCUT2D eigenvalue weighted by molar-refractivity contribution is 5.77. The largest absolute Gasteiger partial charge is 0.462 e. The van der Waals surface area contributed by atoms with Crippen molar-refractivity contribution in [2.75, 3.05) is 6.61 Å². The number of aliphatic hydroxyl groups is 2. The Balaban J connectivity index is 4.66.